The van der Waals surface area contributed by atoms with Crippen molar-refractivity contribution < 1.29 is 14.1 Å². The Morgan fingerprint density at radius 1 is 1.42 bits per heavy atom. The first-order valence-electron chi connectivity index (χ1n) is 7.79. The van der Waals surface area contributed by atoms with Crippen LogP contribution in [0, 0.1) is 6.92 Å². The van der Waals surface area contributed by atoms with Crippen molar-refractivity contribution in [1.29, 1.82) is 0 Å². The first-order chi connectivity index (χ1) is 11.6. The predicted molar refractivity (Wildman–Crippen MR) is 84.3 cm³/mol. The molecule has 124 valence electrons. The molecule has 4 rings (SSSR count). The van der Waals surface area contributed by atoms with Crippen molar-refractivity contribution in [1.82, 2.24) is 25.0 Å². The number of nitrogens with zero attached hydrogens (tertiary/aromatic N) is 4. The molecule has 1 saturated heterocycles. The second-order valence-electron chi connectivity index (χ2n) is 5.83. The Morgan fingerprint density at radius 3 is 3.08 bits per heavy atom. The van der Waals surface area contributed by atoms with Crippen molar-refractivity contribution in [3.63, 3.8) is 0 Å². The predicted octanol–water partition coefficient (Wildman–Crippen LogP) is 1.86. The number of fused-ring (bicyclic) bond motifs is 1. The lowest BCUT2D eigenvalue weighted by Crippen LogP contribution is -2.47. The Kier molecular flexibility index (Phi) is 3.53. The monoisotopic (exact) mass is 327 g/mol. The van der Waals surface area contributed by atoms with E-state index < -0.39 is 6.04 Å². The van der Waals surface area contributed by atoms with E-state index in [0.29, 0.717) is 30.4 Å². The molecule has 8 nitrogen and oxygen atoms in total. The molecule has 2 atom stereocenters. The fraction of sp³-hybridized carbons (Fsp3) is 0.375. The number of morpholine rings is 1. The highest BCUT2D eigenvalue weighted by molar-refractivity contribution is 5.97. The topological polar surface area (TPSA) is 97.1 Å². The van der Waals surface area contributed by atoms with Crippen molar-refractivity contribution in [2.24, 2.45) is 0 Å². The van der Waals surface area contributed by atoms with Gasteiger partial charge in [0.15, 0.2) is 5.82 Å². The third kappa shape index (κ3) is 2.44. The van der Waals surface area contributed by atoms with Crippen LogP contribution >= 0.6 is 0 Å². The van der Waals surface area contributed by atoms with Crippen LogP contribution in [-0.4, -0.2) is 50.2 Å². The molecule has 24 heavy (non-hydrogen) atoms. The van der Waals surface area contributed by atoms with Gasteiger partial charge in [-0.05, 0) is 32.0 Å². The van der Waals surface area contributed by atoms with Crippen molar-refractivity contribution >= 4 is 16.9 Å². The number of hydrogen-bond donors (Lipinski definition) is 1. The quantitative estimate of drug-likeness (QED) is 0.771. The van der Waals surface area contributed by atoms with E-state index in [9.17, 15) is 4.79 Å². The van der Waals surface area contributed by atoms with Gasteiger partial charge in [0, 0.05) is 12.1 Å². The first kappa shape index (κ1) is 14.8. The van der Waals surface area contributed by atoms with Gasteiger partial charge >= 0.3 is 0 Å². The molecule has 0 saturated carbocycles. The van der Waals surface area contributed by atoms with E-state index in [1.54, 1.807) is 30.3 Å². The van der Waals surface area contributed by atoms with Gasteiger partial charge in [0.1, 0.15) is 6.04 Å². The molecule has 1 amide bonds. The maximum Gasteiger partial charge on any atom is 0.254 e. The Balaban J connectivity index is 1.69. The Labute approximate surface area is 137 Å². The van der Waals surface area contributed by atoms with Gasteiger partial charge in [-0.25, -0.2) is 4.98 Å². The highest BCUT2D eigenvalue weighted by atomic mass is 16.5. The lowest BCUT2D eigenvalue weighted by Gasteiger charge is -2.37. The van der Waals surface area contributed by atoms with Gasteiger partial charge in [-0.2, -0.15) is 4.98 Å². The highest BCUT2D eigenvalue weighted by Crippen LogP contribution is 2.30. The number of ether oxygens (including phenoxy) is 1. The van der Waals surface area contributed by atoms with E-state index in [0.717, 1.165) is 11.0 Å². The molecule has 8 heteroatoms. The number of rotatable bonds is 2. The standard InChI is InChI=1S/C16H17N5O3/c1-9-14(15-19-10(2)20-24-15)21(5-6-23-9)16(22)11-3-4-12-13(7-11)18-8-17-12/h3-4,7-9,14H,5-6H2,1-2H3,(H,17,18)/t9-,14+/m1/s1. The van der Waals surface area contributed by atoms with Gasteiger partial charge in [0.25, 0.3) is 11.8 Å². The number of benzene rings is 1. The van der Waals surface area contributed by atoms with Gasteiger partial charge in [-0.1, -0.05) is 5.16 Å². The number of aromatic amines is 1. The molecule has 1 aromatic carbocycles. The SMILES string of the molecule is Cc1noc([C@@H]2[C@@H](C)OCCN2C(=O)c2ccc3nc[nH]c3c2)n1. The number of aromatic nitrogens is 4. The Hall–Kier alpha value is -2.74. The van der Waals surface area contributed by atoms with Crippen LogP contribution in [0.25, 0.3) is 11.0 Å². The number of hydrogen-bond acceptors (Lipinski definition) is 6. The van der Waals surface area contributed by atoms with E-state index >= 15 is 0 Å². The smallest absolute Gasteiger partial charge is 0.254 e. The lowest BCUT2D eigenvalue weighted by molar-refractivity contribution is -0.0600. The number of nitrogens with one attached hydrogen (secondary N) is 1. The second-order valence-corrected chi connectivity index (χ2v) is 5.83. The number of carbonyl (C=O) groups is 1. The minimum absolute atomic E-state index is 0.0949. The maximum absolute atomic E-state index is 13.0. The summed E-state index contributed by atoms with van der Waals surface area (Å²) in [5.74, 6) is 0.840. The van der Waals surface area contributed by atoms with Crippen LogP contribution < -0.4 is 0 Å². The van der Waals surface area contributed by atoms with Crippen LogP contribution in [0.4, 0.5) is 0 Å². The molecule has 1 aliphatic heterocycles. The number of aryl methyl sites for hydroxylation is 1. The van der Waals surface area contributed by atoms with Crippen LogP contribution in [0.3, 0.4) is 0 Å². The van der Waals surface area contributed by atoms with Crippen LogP contribution in [-0.2, 0) is 4.74 Å². The number of imidazole rings is 1. The summed E-state index contributed by atoms with van der Waals surface area (Å²) in [5, 5.41) is 3.83. The summed E-state index contributed by atoms with van der Waals surface area (Å²) >= 11 is 0. The fourth-order valence-electron chi connectivity index (χ4n) is 3.05. The zero-order valence-electron chi connectivity index (χ0n) is 13.4. The number of H-pyrrole nitrogens is 1. The van der Waals surface area contributed by atoms with Crippen molar-refractivity contribution in [3.05, 3.63) is 41.8 Å². The largest absolute Gasteiger partial charge is 0.374 e. The van der Waals surface area contributed by atoms with Gasteiger partial charge < -0.3 is 19.1 Å². The van der Waals surface area contributed by atoms with E-state index in [4.69, 9.17) is 9.26 Å². The number of amides is 1. The van der Waals surface area contributed by atoms with Crippen LogP contribution in [0.5, 0.6) is 0 Å². The minimum atomic E-state index is -0.398. The van der Waals surface area contributed by atoms with E-state index in [1.165, 1.54) is 0 Å². The van der Waals surface area contributed by atoms with Crippen LogP contribution in [0.15, 0.2) is 29.0 Å². The minimum Gasteiger partial charge on any atom is -0.374 e. The summed E-state index contributed by atoms with van der Waals surface area (Å²) in [6.07, 6.45) is 1.39. The van der Waals surface area contributed by atoms with Gasteiger partial charge in [-0.15, -0.1) is 0 Å². The average Bonchev–Trinajstić information content (AvgIpc) is 3.21. The van der Waals surface area contributed by atoms with Crippen LogP contribution in [0.2, 0.25) is 0 Å². The molecule has 0 spiro atoms. The second kappa shape index (κ2) is 5.72. The molecular weight excluding hydrogens is 310 g/mol. The molecule has 1 N–H and O–H groups in total. The normalized spacial score (nSPS) is 21.3. The molecule has 3 aromatic rings. The first-order valence-corrected chi connectivity index (χ1v) is 7.79. The molecular formula is C16H17N5O3. The zero-order chi connectivity index (χ0) is 16.7. The molecule has 2 aromatic heterocycles. The van der Waals surface area contributed by atoms with E-state index in [1.807, 2.05) is 13.0 Å². The van der Waals surface area contributed by atoms with Gasteiger partial charge in [0.05, 0.1) is 30.1 Å². The van der Waals surface area contributed by atoms with E-state index in [2.05, 4.69) is 20.1 Å². The summed E-state index contributed by atoms with van der Waals surface area (Å²) < 4.78 is 11.0. The third-order valence-corrected chi connectivity index (χ3v) is 4.22. The summed E-state index contributed by atoms with van der Waals surface area (Å²) in [6, 6.07) is 5.02. The molecule has 0 bridgehead atoms. The van der Waals surface area contributed by atoms with E-state index in [-0.39, 0.29) is 12.0 Å². The van der Waals surface area contributed by atoms with Crippen molar-refractivity contribution in [2.75, 3.05) is 13.2 Å². The Bertz CT molecular complexity index is 887. The van der Waals surface area contributed by atoms with Crippen LogP contribution in [0.1, 0.15) is 35.0 Å². The van der Waals surface area contributed by atoms with Gasteiger partial charge in [-0.3, -0.25) is 4.79 Å². The molecule has 0 radical (unpaired) electrons. The summed E-state index contributed by atoms with van der Waals surface area (Å²) in [6.45, 7) is 4.60. The highest BCUT2D eigenvalue weighted by Gasteiger charge is 2.38. The Morgan fingerprint density at radius 2 is 2.29 bits per heavy atom. The third-order valence-electron chi connectivity index (χ3n) is 4.22. The summed E-state index contributed by atoms with van der Waals surface area (Å²) in [4.78, 5) is 26.3. The lowest BCUT2D eigenvalue weighted by atomic mass is 10.1. The fourth-order valence-corrected chi connectivity index (χ4v) is 3.05. The molecule has 0 unspecified atom stereocenters. The number of carbonyl (C=O) groups excluding carboxylic acids is 1. The van der Waals surface area contributed by atoms with Crippen molar-refractivity contribution in [3.8, 4) is 0 Å². The summed E-state index contributed by atoms with van der Waals surface area (Å²) in [7, 11) is 0. The summed E-state index contributed by atoms with van der Waals surface area (Å²) in [5.41, 5.74) is 2.24. The van der Waals surface area contributed by atoms with Crippen molar-refractivity contribution in [2.45, 2.75) is 26.0 Å². The molecule has 1 aliphatic rings. The van der Waals surface area contributed by atoms with Gasteiger partial charge in [0.2, 0.25) is 0 Å². The zero-order valence-corrected chi connectivity index (χ0v) is 13.4. The maximum atomic E-state index is 13.0. The average molecular weight is 327 g/mol. The molecule has 3 heterocycles. The molecule has 1 fully saturated rings. The molecule has 0 aliphatic carbocycles.